The van der Waals surface area contributed by atoms with Gasteiger partial charge in [0, 0.05) is 21.7 Å². The molecule has 0 unspecified atom stereocenters. The molecule has 0 radical (unpaired) electrons. The Hall–Kier alpha value is -2.14. The van der Waals surface area contributed by atoms with E-state index in [1.54, 1.807) is 30.4 Å². The van der Waals surface area contributed by atoms with Crippen LogP contribution in [0.2, 0.25) is 0 Å². The maximum atomic E-state index is 12.9. The monoisotopic (exact) mass is 370 g/mol. The number of nitrogens with one attached hydrogen (secondary N) is 1. The number of anilines is 1. The molecule has 1 amide bonds. The van der Waals surface area contributed by atoms with Gasteiger partial charge in [-0.15, -0.1) is 11.3 Å². The van der Waals surface area contributed by atoms with Crippen LogP contribution >= 0.6 is 11.3 Å². The predicted molar refractivity (Wildman–Crippen MR) is 107 cm³/mol. The predicted octanol–water partition coefficient (Wildman–Crippen LogP) is 4.66. The standard InChI is InChI=1S/C21H26N2O2S/c1-14(24)19(12-15-6-3-2-4-7-15)23-21(25)17-10-9-16(22)13-18(17)20-8-5-11-26-20/h5,8-11,13,15,19H,2-4,6-7,12,22H2,1H3,(H,23,25)/t19-/m0/s1. The highest BCUT2D eigenvalue weighted by molar-refractivity contribution is 7.13. The topological polar surface area (TPSA) is 72.2 Å². The number of benzene rings is 1. The molecule has 1 atom stereocenters. The maximum absolute atomic E-state index is 12.9. The van der Waals surface area contributed by atoms with Crippen molar-refractivity contribution in [2.75, 3.05) is 5.73 Å². The molecule has 1 saturated carbocycles. The number of carbonyl (C=O) groups is 2. The van der Waals surface area contributed by atoms with Gasteiger partial charge in [0.1, 0.15) is 0 Å². The van der Waals surface area contributed by atoms with Crippen molar-refractivity contribution in [2.45, 2.75) is 51.5 Å². The second-order valence-electron chi connectivity index (χ2n) is 7.16. The zero-order chi connectivity index (χ0) is 18.5. The number of Topliss-reactive ketones (excluding diaryl/α,β-unsaturated/α-hetero) is 1. The lowest BCUT2D eigenvalue weighted by Crippen LogP contribution is -2.41. The van der Waals surface area contributed by atoms with Crippen molar-refractivity contribution in [1.29, 1.82) is 0 Å². The van der Waals surface area contributed by atoms with Crippen LogP contribution in [0.3, 0.4) is 0 Å². The Labute approximate surface area is 158 Å². The Morgan fingerprint density at radius 1 is 1.23 bits per heavy atom. The molecule has 26 heavy (non-hydrogen) atoms. The van der Waals surface area contributed by atoms with Gasteiger partial charge in [-0.2, -0.15) is 0 Å². The normalized spacial score (nSPS) is 16.2. The van der Waals surface area contributed by atoms with Gasteiger partial charge in [-0.1, -0.05) is 38.2 Å². The van der Waals surface area contributed by atoms with E-state index in [2.05, 4.69) is 5.32 Å². The molecule has 3 N–H and O–H groups in total. The van der Waals surface area contributed by atoms with Crippen molar-refractivity contribution in [3.05, 3.63) is 41.3 Å². The van der Waals surface area contributed by atoms with Gasteiger partial charge in [-0.25, -0.2) is 0 Å². The fourth-order valence-electron chi connectivity index (χ4n) is 3.71. The van der Waals surface area contributed by atoms with Crippen molar-refractivity contribution in [2.24, 2.45) is 5.92 Å². The minimum Gasteiger partial charge on any atom is -0.399 e. The Bertz CT molecular complexity index is 764. The van der Waals surface area contributed by atoms with E-state index in [0.29, 0.717) is 17.2 Å². The van der Waals surface area contributed by atoms with E-state index in [4.69, 9.17) is 5.73 Å². The number of thiophene rings is 1. The summed E-state index contributed by atoms with van der Waals surface area (Å²) >= 11 is 1.57. The summed E-state index contributed by atoms with van der Waals surface area (Å²) in [6, 6.07) is 8.81. The first-order valence-electron chi connectivity index (χ1n) is 9.29. The zero-order valence-electron chi connectivity index (χ0n) is 15.2. The molecule has 3 rings (SSSR count). The number of rotatable bonds is 6. The van der Waals surface area contributed by atoms with Gasteiger partial charge in [0.2, 0.25) is 0 Å². The molecule has 0 saturated heterocycles. The Balaban J connectivity index is 1.78. The molecular weight excluding hydrogens is 344 g/mol. The molecular formula is C21H26N2O2S. The number of nitrogen functional groups attached to an aromatic ring is 1. The minimum atomic E-state index is -0.417. The molecule has 1 heterocycles. The summed E-state index contributed by atoms with van der Waals surface area (Å²) < 4.78 is 0. The molecule has 138 valence electrons. The largest absolute Gasteiger partial charge is 0.399 e. The number of hydrogen-bond donors (Lipinski definition) is 2. The van der Waals surface area contributed by atoms with Crippen molar-refractivity contribution in [1.82, 2.24) is 5.32 Å². The van der Waals surface area contributed by atoms with Gasteiger partial charge < -0.3 is 11.1 Å². The van der Waals surface area contributed by atoms with E-state index in [1.165, 1.54) is 19.3 Å². The minimum absolute atomic E-state index is 0.0250. The second kappa shape index (κ2) is 8.49. The van der Waals surface area contributed by atoms with Crippen LogP contribution in [0.5, 0.6) is 0 Å². The Morgan fingerprint density at radius 3 is 2.65 bits per heavy atom. The molecule has 4 nitrogen and oxygen atoms in total. The summed E-state index contributed by atoms with van der Waals surface area (Å²) in [6.45, 7) is 1.57. The van der Waals surface area contributed by atoms with Crippen molar-refractivity contribution < 1.29 is 9.59 Å². The third-order valence-electron chi connectivity index (χ3n) is 5.16. The molecule has 1 fully saturated rings. The first kappa shape index (κ1) is 18.6. The quantitative estimate of drug-likeness (QED) is 0.727. The highest BCUT2D eigenvalue weighted by Gasteiger charge is 2.25. The lowest BCUT2D eigenvalue weighted by molar-refractivity contribution is -0.119. The molecule has 1 aromatic heterocycles. The van der Waals surface area contributed by atoms with E-state index in [1.807, 2.05) is 23.6 Å². The van der Waals surface area contributed by atoms with Gasteiger partial charge >= 0.3 is 0 Å². The highest BCUT2D eigenvalue weighted by atomic mass is 32.1. The summed E-state index contributed by atoms with van der Waals surface area (Å²) in [5.41, 5.74) is 7.93. The van der Waals surface area contributed by atoms with Crippen LogP contribution in [-0.4, -0.2) is 17.7 Å². The number of carbonyl (C=O) groups excluding carboxylic acids is 2. The fraction of sp³-hybridized carbons (Fsp3) is 0.429. The first-order chi connectivity index (χ1) is 12.5. The van der Waals surface area contributed by atoms with E-state index in [9.17, 15) is 9.59 Å². The average Bonchev–Trinajstić information content (AvgIpc) is 3.16. The number of amides is 1. The van der Waals surface area contributed by atoms with Crippen LogP contribution in [0.15, 0.2) is 35.7 Å². The van der Waals surface area contributed by atoms with Crippen LogP contribution in [0, 0.1) is 5.92 Å². The van der Waals surface area contributed by atoms with Crippen molar-refractivity contribution in [3.8, 4) is 10.4 Å². The van der Waals surface area contributed by atoms with Crippen LogP contribution in [0.1, 0.15) is 55.8 Å². The van der Waals surface area contributed by atoms with E-state index < -0.39 is 6.04 Å². The first-order valence-corrected chi connectivity index (χ1v) is 10.2. The fourth-order valence-corrected chi connectivity index (χ4v) is 4.47. The van der Waals surface area contributed by atoms with Gasteiger partial charge in [-0.05, 0) is 48.9 Å². The number of hydrogen-bond acceptors (Lipinski definition) is 4. The Kier molecular flexibility index (Phi) is 6.09. The Morgan fingerprint density at radius 2 is 2.00 bits per heavy atom. The summed E-state index contributed by atoms with van der Waals surface area (Å²) in [5, 5.41) is 4.95. The SMILES string of the molecule is CC(=O)[C@H](CC1CCCCC1)NC(=O)c1ccc(N)cc1-c1cccs1. The molecule has 2 aromatic rings. The highest BCUT2D eigenvalue weighted by Crippen LogP contribution is 2.31. The maximum Gasteiger partial charge on any atom is 0.252 e. The molecule has 1 aliphatic rings. The lowest BCUT2D eigenvalue weighted by atomic mass is 9.84. The molecule has 0 aliphatic heterocycles. The smallest absolute Gasteiger partial charge is 0.252 e. The zero-order valence-corrected chi connectivity index (χ0v) is 16.0. The summed E-state index contributed by atoms with van der Waals surface area (Å²) in [4.78, 5) is 26.0. The van der Waals surface area contributed by atoms with E-state index in [-0.39, 0.29) is 11.7 Å². The van der Waals surface area contributed by atoms with Crippen LogP contribution < -0.4 is 11.1 Å². The second-order valence-corrected chi connectivity index (χ2v) is 8.11. The van der Waals surface area contributed by atoms with Gasteiger partial charge in [0.25, 0.3) is 5.91 Å². The van der Waals surface area contributed by atoms with Crippen LogP contribution in [0.4, 0.5) is 5.69 Å². The lowest BCUT2D eigenvalue weighted by Gasteiger charge is -2.26. The molecule has 0 spiro atoms. The molecule has 5 heteroatoms. The van der Waals surface area contributed by atoms with Crippen molar-refractivity contribution >= 4 is 28.7 Å². The average molecular weight is 371 g/mol. The van der Waals surface area contributed by atoms with Crippen LogP contribution in [-0.2, 0) is 4.79 Å². The van der Waals surface area contributed by atoms with Gasteiger partial charge in [0.05, 0.1) is 6.04 Å². The summed E-state index contributed by atoms with van der Waals surface area (Å²) in [5.74, 6) is 0.350. The number of nitrogens with two attached hydrogens (primary N) is 1. The van der Waals surface area contributed by atoms with Gasteiger partial charge in [0.15, 0.2) is 5.78 Å². The molecule has 1 aliphatic carbocycles. The van der Waals surface area contributed by atoms with E-state index >= 15 is 0 Å². The summed E-state index contributed by atoms with van der Waals surface area (Å²) in [6.07, 6.45) is 6.78. The van der Waals surface area contributed by atoms with E-state index in [0.717, 1.165) is 29.7 Å². The molecule has 1 aromatic carbocycles. The summed E-state index contributed by atoms with van der Waals surface area (Å²) in [7, 11) is 0. The van der Waals surface area contributed by atoms with Crippen molar-refractivity contribution in [3.63, 3.8) is 0 Å². The third kappa shape index (κ3) is 4.52. The molecule has 0 bridgehead atoms. The van der Waals surface area contributed by atoms with Gasteiger partial charge in [-0.3, -0.25) is 9.59 Å². The third-order valence-corrected chi connectivity index (χ3v) is 6.07. The van der Waals surface area contributed by atoms with Crippen LogP contribution in [0.25, 0.3) is 10.4 Å². The number of ketones is 1.